The second-order valence-electron chi connectivity index (χ2n) is 6.17. The minimum Gasteiger partial charge on any atom is -0.330 e. The molecule has 2 N–H and O–H groups in total. The molecular weight excluding hydrogens is 170 g/mol. The van der Waals surface area contributed by atoms with Crippen LogP contribution in [0.4, 0.5) is 0 Å². The largest absolute Gasteiger partial charge is 0.330 e. The van der Waals surface area contributed by atoms with Crippen molar-refractivity contribution in [2.24, 2.45) is 34.8 Å². The van der Waals surface area contributed by atoms with Gasteiger partial charge in [-0.05, 0) is 74.2 Å². The van der Waals surface area contributed by atoms with Crippen molar-refractivity contribution in [3.05, 3.63) is 0 Å². The maximum Gasteiger partial charge on any atom is -0.00771 e. The van der Waals surface area contributed by atoms with Crippen molar-refractivity contribution in [2.75, 3.05) is 6.54 Å². The molecule has 0 aromatic rings. The third kappa shape index (κ3) is 0.997. The standard InChI is InChI=1S/C13H23N/c1-13(5-2-6-14)10-7-9(8-10)11-3-4-12(11)13/h9-12H,2-8,14H2,1H3/t9?,10?,11?,12?,13-/m0/s1. The fourth-order valence-corrected chi connectivity index (χ4v) is 4.63. The molecule has 0 amide bonds. The van der Waals surface area contributed by atoms with Gasteiger partial charge in [0.2, 0.25) is 0 Å². The van der Waals surface area contributed by atoms with Crippen LogP contribution in [0.25, 0.3) is 0 Å². The molecule has 14 heavy (non-hydrogen) atoms. The molecule has 3 atom stereocenters. The molecule has 4 saturated carbocycles. The molecule has 4 aliphatic carbocycles. The highest BCUT2D eigenvalue weighted by atomic mass is 14.7. The Morgan fingerprint density at radius 1 is 1.29 bits per heavy atom. The van der Waals surface area contributed by atoms with Crippen LogP contribution in [0.2, 0.25) is 0 Å². The molecule has 1 nitrogen and oxygen atoms in total. The molecule has 80 valence electrons. The summed E-state index contributed by atoms with van der Waals surface area (Å²) in [5.74, 6) is 4.43. The Kier molecular flexibility index (Phi) is 1.96. The molecule has 0 saturated heterocycles. The summed E-state index contributed by atoms with van der Waals surface area (Å²) in [6.07, 6.45) is 8.84. The first-order valence-corrected chi connectivity index (χ1v) is 6.46. The van der Waals surface area contributed by atoms with E-state index in [9.17, 15) is 0 Å². The monoisotopic (exact) mass is 193 g/mol. The van der Waals surface area contributed by atoms with Crippen molar-refractivity contribution in [2.45, 2.75) is 45.4 Å². The number of hydrogen-bond donors (Lipinski definition) is 1. The zero-order chi connectivity index (χ0) is 9.76. The molecule has 0 spiro atoms. The van der Waals surface area contributed by atoms with Crippen LogP contribution in [0.15, 0.2) is 0 Å². The Morgan fingerprint density at radius 2 is 2.07 bits per heavy atom. The molecule has 2 bridgehead atoms. The van der Waals surface area contributed by atoms with Gasteiger partial charge in [0.25, 0.3) is 0 Å². The van der Waals surface area contributed by atoms with Gasteiger partial charge in [0.1, 0.15) is 0 Å². The summed E-state index contributed by atoms with van der Waals surface area (Å²) in [7, 11) is 0. The van der Waals surface area contributed by atoms with Crippen LogP contribution in [0, 0.1) is 29.1 Å². The summed E-state index contributed by atoms with van der Waals surface area (Å²) < 4.78 is 0. The molecule has 4 rings (SSSR count). The molecule has 0 aromatic carbocycles. The highest BCUT2D eigenvalue weighted by Crippen LogP contribution is 2.68. The van der Waals surface area contributed by atoms with E-state index in [0.29, 0.717) is 5.41 Å². The Labute approximate surface area is 87.4 Å². The van der Waals surface area contributed by atoms with Crippen molar-refractivity contribution in [1.29, 1.82) is 0 Å². The maximum atomic E-state index is 5.66. The predicted molar refractivity (Wildman–Crippen MR) is 58.8 cm³/mol. The Hall–Kier alpha value is -0.0400. The fourth-order valence-electron chi connectivity index (χ4n) is 4.63. The first-order valence-electron chi connectivity index (χ1n) is 6.46. The topological polar surface area (TPSA) is 26.0 Å². The van der Waals surface area contributed by atoms with E-state index in [1.807, 2.05) is 0 Å². The molecule has 0 radical (unpaired) electrons. The molecular formula is C13H23N. The smallest absolute Gasteiger partial charge is 0.00771 e. The van der Waals surface area contributed by atoms with Gasteiger partial charge < -0.3 is 5.73 Å². The molecule has 1 heteroatoms. The lowest BCUT2D eigenvalue weighted by Gasteiger charge is -2.67. The highest BCUT2D eigenvalue weighted by molar-refractivity contribution is 5.09. The number of nitrogens with two attached hydrogens (primary N) is 1. The lowest BCUT2D eigenvalue weighted by Crippen LogP contribution is -2.59. The van der Waals surface area contributed by atoms with Crippen LogP contribution in [0.1, 0.15) is 45.4 Å². The SMILES string of the molecule is C[C@]1(CCCN)C2CC(C2)C2CCC21. The van der Waals surface area contributed by atoms with Crippen LogP contribution >= 0.6 is 0 Å². The van der Waals surface area contributed by atoms with E-state index >= 15 is 0 Å². The van der Waals surface area contributed by atoms with Crippen molar-refractivity contribution in [3.8, 4) is 0 Å². The quantitative estimate of drug-likeness (QED) is 0.733. The molecule has 0 heterocycles. The summed E-state index contributed by atoms with van der Waals surface area (Å²) in [5, 5.41) is 0. The second-order valence-corrected chi connectivity index (χ2v) is 6.17. The summed E-state index contributed by atoms with van der Waals surface area (Å²) in [6.45, 7) is 3.46. The molecule has 0 aromatic heterocycles. The van der Waals surface area contributed by atoms with E-state index < -0.39 is 0 Å². The van der Waals surface area contributed by atoms with E-state index in [0.717, 1.165) is 30.2 Å². The van der Waals surface area contributed by atoms with E-state index in [-0.39, 0.29) is 0 Å². The number of hydrogen-bond acceptors (Lipinski definition) is 1. The van der Waals surface area contributed by atoms with Gasteiger partial charge in [0, 0.05) is 0 Å². The van der Waals surface area contributed by atoms with E-state index in [4.69, 9.17) is 5.73 Å². The van der Waals surface area contributed by atoms with Crippen LogP contribution in [0.5, 0.6) is 0 Å². The molecule has 4 aliphatic rings. The molecule has 2 unspecified atom stereocenters. The molecule has 0 aliphatic heterocycles. The predicted octanol–water partition coefficient (Wildman–Crippen LogP) is 2.80. The third-order valence-corrected chi connectivity index (χ3v) is 5.81. The normalized spacial score (nSPS) is 54.4. The summed E-state index contributed by atoms with van der Waals surface area (Å²) in [4.78, 5) is 0. The van der Waals surface area contributed by atoms with Crippen molar-refractivity contribution < 1.29 is 0 Å². The van der Waals surface area contributed by atoms with Gasteiger partial charge in [-0.15, -0.1) is 0 Å². The van der Waals surface area contributed by atoms with E-state index in [1.165, 1.54) is 19.3 Å². The minimum absolute atomic E-state index is 0.692. The Balaban J connectivity index is 1.75. The summed E-state index contributed by atoms with van der Waals surface area (Å²) >= 11 is 0. The van der Waals surface area contributed by atoms with Crippen LogP contribution in [0.3, 0.4) is 0 Å². The highest BCUT2D eigenvalue weighted by Gasteiger charge is 2.60. The maximum absolute atomic E-state index is 5.66. The zero-order valence-electron chi connectivity index (χ0n) is 9.34. The second kappa shape index (κ2) is 2.98. The first kappa shape index (κ1) is 9.21. The summed E-state index contributed by atoms with van der Waals surface area (Å²) in [6, 6.07) is 0. The lowest BCUT2D eigenvalue weighted by atomic mass is 9.38. The van der Waals surface area contributed by atoms with Crippen molar-refractivity contribution >= 4 is 0 Å². The van der Waals surface area contributed by atoms with Gasteiger partial charge in [-0.3, -0.25) is 0 Å². The van der Waals surface area contributed by atoms with E-state index in [1.54, 1.807) is 19.3 Å². The Bertz CT molecular complexity index is 231. The minimum atomic E-state index is 0.692. The van der Waals surface area contributed by atoms with Gasteiger partial charge in [0.15, 0.2) is 0 Å². The molecule has 4 fully saturated rings. The fraction of sp³-hybridized carbons (Fsp3) is 1.00. The van der Waals surface area contributed by atoms with Crippen molar-refractivity contribution in [3.63, 3.8) is 0 Å². The van der Waals surface area contributed by atoms with Gasteiger partial charge >= 0.3 is 0 Å². The van der Waals surface area contributed by atoms with Crippen molar-refractivity contribution in [1.82, 2.24) is 0 Å². The van der Waals surface area contributed by atoms with Gasteiger partial charge in [-0.1, -0.05) is 6.92 Å². The van der Waals surface area contributed by atoms with Crippen LogP contribution < -0.4 is 5.73 Å². The average Bonchev–Trinajstić information content (AvgIpc) is 2.02. The van der Waals surface area contributed by atoms with Gasteiger partial charge in [0.05, 0.1) is 0 Å². The number of rotatable bonds is 3. The summed E-state index contributed by atoms with van der Waals surface area (Å²) in [5.41, 5.74) is 6.35. The Morgan fingerprint density at radius 3 is 2.64 bits per heavy atom. The van der Waals surface area contributed by atoms with Gasteiger partial charge in [-0.25, -0.2) is 0 Å². The first-order chi connectivity index (χ1) is 6.75. The van der Waals surface area contributed by atoms with Crippen LogP contribution in [-0.2, 0) is 0 Å². The van der Waals surface area contributed by atoms with Gasteiger partial charge in [-0.2, -0.15) is 0 Å². The zero-order valence-corrected chi connectivity index (χ0v) is 9.34. The van der Waals surface area contributed by atoms with E-state index in [2.05, 4.69) is 6.92 Å². The lowest BCUT2D eigenvalue weighted by molar-refractivity contribution is -0.173. The van der Waals surface area contributed by atoms with Crippen LogP contribution in [-0.4, -0.2) is 6.54 Å². The third-order valence-electron chi connectivity index (χ3n) is 5.81. The average molecular weight is 193 g/mol.